The van der Waals surface area contributed by atoms with Crippen LogP contribution < -0.4 is 15.0 Å². The van der Waals surface area contributed by atoms with Crippen molar-refractivity contribution in [3.63, 3.8) is 0 Å². The molecule has 1 aliphatic heterocycles. The summed E-state index contributed by atoms with van der Waals surface area (Å²) in [7, 11) is 1.28. The Morgan fingerprint density at radius 3 is 2.29 bits per heavy atom. The van der Waals surface area contributed by atoms with E-state index in [1.54, 1.807) is 0 Å². The van der Waals surface area contributed by atoms with Crippen LogP contribution in [0.1, 0.15) is 56.2 Å². The standard InChI is InChI=1S/C25H32N2O4/c1-4-31-23-11-9-22(10-12-23)27-15-13-21(14-16-27)20-7-5-19(6-8-20)18(2)26-24(28)17-25(29)30-3/h5-12,18,21H,4,13-17H2,1-3H3,(H,26,28)/t18-/m0/s1. The molecule has 1 saturated heterocycles. The molecule has 1 aliphatic rings. The SMILES string of the molecule is CCOc1ccc(N2CCC(c3ccc([C@H](C)NC(=O)CC(=O)OC)cc3)CC2)cc1. The van der Waals surface area contributed by atoms with Gasteiger partial charge in [-0.2, -0.15) is 0 Å². The molecular formula is C25H32N2O4. The number of esters is 1. The fraction of sp³-hybridized carbons (Fsp3) is 0.440. The van der Waals surface area contributed by atoms with Gasteiger partial charge < -0.3 is 19.7 Å². The van der Waals surface area contributed by atoms with E-state index in [0.717, 1.165) is 37.2 Å². The summed E-state index contributed by atoms with van der Waals surface area (Å²) in [5.74, 6) is 0.593. The third kappa shape index (κ3) is 6.23. The normalized spacial score (nSPS) is 15.3. The van der Waals surface area contributed by atoms with E-state index < -0.39 is 5.97 Å². The first-order valence-electron chi connectivity index (χ1n) is 10.9. The topological polar surface area (TPSA) is 67.9 Å². The van der Waals surface area contributed by atoms with Gasteiger partial charge in [0.15, 0.2) is 0 Å². The molecule has 1 heterocycles. The molecule has 0 spiro atoms. The molecule has 0 saturated carbocycles. The zero-order valence-corrected chi connectivity index (χ0v) is 18.6. The fourth-order valence-electron chi connectivity index (χ4n) is 4.03. The van der Waals surface area contributed by atoms with E-state index in [-0.39, 0.29) is 18.4 Å². The van der Waals surface area contributed by atoms with Crippen LogP contribution in [0.25, 0.3) is 0 Å². The lowest BCUT2D eigenvalue weighted by atomic mass is 9.88. The van der Waals surface area contributed by atoms with Crippen LogP contribution >= 0.6 is 0 Å². The molecule has 2 aromatic carbocycles. The Labute approximate surface area is 184 Å². The van der Waals surface area contributed by atoms with E-state index in [9.17, 15) is 9.59 Å². The van der Waals surface area contributed by atoms with E-state index in [4.69, 9.17) is 4.74 Å². The highest BCUT2D eigenvalue weighted by molar-refractivity contribution is 5.94. The summed E-state index contributed by atoms with van der Waals surface area (Å²) < 4.78 is 10.1. The average molecular weight is 425 g/mol. The second-order valence-electron chi connectivity index (χ2n) is 7.90. The summed E-state index contributed by atoms with van der Waals surface area (Å²) in [4.78, 5) is 25.5. The van der Waals surface area contributed by atoms with Gasteiger partial charge in [-0.15, -0.1) is 0 Å². The van der Waals surface area contributed by atoms with Crippen molar-refractivity contribution in [2.45, 2.75) is 45.1 Å². The van der Waals surface area contributed by atoms with Crippen LogP contribution in [0.15, 0.2) is 48.5 Å². The van der Waals surface area contributed by atoms with Crippen molar-refractivity contribution in [2.24, 2.45) is 0 Å². The Hall–Kier alpha value is -3.02. The van der Waals surface area contributed by atoms with E-state index >= 15 is 0 Å². The Balaban J connectivity index is 1.51. The van der Waals surface area contributed by atoms with Crippen LogP contribution in [-0.4, -0.2) is 38.7 Å². The maximum atomic E-state index is 11.9. The smallest absolute Gasteiger partial charge is 0.315 e. The van der Waals surface area contributed by atoms with Crippen molar-refractivity contribution in [1.29, 1.82) is 0 Å². The van der Waals surface area contributed by atoms with Gasteiger partial charge in [-0.1, -0.05) is 24.3 Å². The number of hydrogen-bond donors (Lipinski definition) is 1. The molecule has 6 heteroatoms. The van der Waals surface area contributed by atoms with Gasteiger partial charge in [0, 0.05) is 18.8 Å². The summed E-state index contributed by atoms with van der Waals surface area (Å²) >= 11 is 0. The van der Waals surface area contributed by atoms with Crippen molar-refractivity contribution in [3.05, 3.63) is 59.7 Å². The van der Waals surface area contributed by atoms with Crippen molar-refractivity contribution in [1.82, 2.24) is 5.32 Å². The molecule has 3 rings (SSSR count). The van der Waals surface area contributed by atoms with Crippen molar-refractivity contribution >= 4 is 17.6 Å². The first kappa shape index (κ1) is 22.7. The molecule has 0 bridgehead atoms. The quantitative estimate of drug-likeness (QED) is 0.508. The van der Waals surface area contributed by atoms with Gasteiger partial charge in [0.1, 0.15) is 12.2 Å². The minimum atomic E-state index is -0.531. The van der Waals surface area contributed by atoms with Crippen molar-refractivity contribution in [2.75, 3.05) is 31.7 Å². The van der Waals surface area contributed by atoms with Crippen LogP contribution in [0.2, 0.25) is 0 Å². The molecule has 31 heavy (non-hydrogen) atoms. The summed E-state index contributed by atoms with van der Waals surface area (Å²) in [5.41, 5.74) is 3.60. The molecule has 0 aliphatic carbocycles. The summed E-state index contributed by atoms with van der Waals surface area (Å²) in [6.45, 7) is 6.65. The van der Waals surface area contributed by atoms with E-state index in [1.807, 2.05) is 26.0 Å². The molecule has 0 radical (unpaired) electrons. The second-order valence-corrected chi connectivity index (χ2v) is 7.90. The van der Waals surface area contributed by atoms with Gasteiger partial charge in [-0.05, 0) is 68.0 Å². The molecule has 1 N–H and O–H groups in total. The van der Waals surface area contributed by atoms with Gasteiger partial charge in [0.05, 0.1) is 19.8 Å². The first-order valence-corrected chi connectivity index (χ1v) is 10.9. The van der Waals surface area contributed by atoms with Gasteiger partial charge in [0.25, 0.3) is 0 Å². The van der Waals surface area contributed by atoms with Gasteiger partial charge in [-0.25, -0.2) is 0 Å². The highest BCUT2D eigenvalue weighted by Gasteiger charge is 2.21. The lowest BCUT2D eigenvalue weighted by Crippen LogP contribution is -2.32. The number of nitrogens with zero attached hydrogens (tertiary/aromatic N) is 1. The molecule has 0 unspecified atom stereocenters. The number of piperidine rings is 1. The number of hydrogen-bond acceptors (Lipinski definition) is 5. The number of ether oxygens (including phenoxy) is 2. The van der Waals surface area contributed by atoms with E-state index in [1.165, 1.54) is 18.4 Å². The minimum Gasteiger partial charge on any atom is -0.494 e. The molecule has 6 nitrogen and oxygen atoms in total. The Kier molecular flexibility index (Phi) is 7.93. The Morgan fingerprint density at radius 2 is 1.71 bits per heavy atom. The lowest BCUT2D eigenvalue weighted by Gasteiger charge is -2.34. The van der Waals surface area contributed by atoms with Gasteiger partial charge >= 0.3 is 5.97 Å². The number of benzene rings is 2. The summed E-state index contributed by atoms with van der Waals surface area (Å²) in [6.07, 6.45) is 1.96. The Morgan fingerprint density at radius 1 is 1.06 bits per heavy atom. The zero-order chi connectivity index (χ0) is 22.2. The molecule has 0 aromatic heterocycles. The van der Waals surface area contributed by atoms with Crippen LogP contribution in [0.5, 0.6) is 5.75 Å². The van der Waals surface area contributed by atoms with Crippen LogP contribution in [-0.2, 0) is 14.3 Å². The third-order valence-electron chi connectivity index (χ3n) is 5.83. The predicted octanol–water partition coefficient (Wildman–Crippen LogP) is 4.21. The summed E-state index contributed by atoms with van der Waals surface area (Å²) in [6, 6.07) is 16.6. The second kappa shape index (κ2) is 10.8. The number of nitrogens with one attached hydrogen (secondary N) is 1. The first-order chi connectivity index (χ1) is 15.0. The molecule has 1 amide bonds. The zero-order valence-electron chi connectivity index (χ0n) is 18.6. The molecule has 1 atom stereocenters. The van der Waals surface area contributed by atoms with E-state index in [2.05, 4.69) is 51.4 Å². The fourth-order valence-corrected chi connectivity index (χ4v) is 4.03. The monoisotopic (exact) mass is 424 g/mol. The summed E-state index contributed by atoms with van der Waals surface area (Å²) in [5, 5.41) is 2.84. The van der Waals surface area contributed by atoms with Crippen molar-refractivity contribution < 1.29 is 19.1 Å². The Bertz CT molecular complexity index is 856. The molecule has 2 aromatic rings. The van der Waals surface area contributed by atoms with Crippen LogP contribution in [0.4, 0.5) is 5.69 Å². The lowest BCUT2D eigenvalue weighted by molar-refractivity contribution is -0.143. The number of carbonyl (C=O) groups is 2. The van der Waals surface area contributed by atoms with Gasteiger partial charge in [-0.3, -0.25) is 9.59 Å². The highest BCUT2D eigenvalue weighted by Crippen LogP contribution is 2.31. The number of carbonyl (C=O) groups excluding carboxylic acids is 2. The highest BCUT2D eigenvalue weighted by atomic mass is 16.5. The number of rotatable bonds is 8. The average Bonchev–Trinajstić information content (AvgIpc) is 2.80. The maximum absolute atomic E-state index is 11.9. The van der Waals surface area contributed by atoms with Crippen LogP contribution in [0, 0.1) is 0 Å². The number of amides is 1. The third-order valence-corrected chi connectivity index (χ3v) is 5.83. The van der Waals surface area contributed by atoms with Crippen molar-refractivity contribution in [3.8, 4) is 5.75 Å². The molecule has 166 valence electrons. The predicted molar refractivity (Wildman–Crippen MR) is 121 cm³/mol. The van der Waals surface area contributed by atoms with Gasteiger partial charge in [0.2, 0.25) is 5.91 Å². The minimum absolute atomic E-state index is 0.160. The molecule has 1 fully saturated rings. The van der Waals surface area contributed by atoms with Crippen LogP contribution in [0.3, 0.4) is 0 Å². The largest absolute Gasteiger partial charge is 0.494 e. The van der Waals surface area contributed by atoms with E-state index in [0.29, 0.717) is 12.5 Å². The number of anilines is 1. The number of methoxy groups -OCH3 is 1. The maximum Gasteiger partial charge on any atom is 0.315 e. The molecular weight excluding hydrogens is 392 g/mol.